The maximum absolute atomic E-state index is 6.16. The highest BCUT2D eigenvalue weighted by atomic mass is 16.3. The predicted octanol–water partition coefficient (Wildman–Crippen LogP) is 9.63. The van der Waals surface area contributed by atoms with Crippen molar-refractivity contribution in [1.29, 1.82) is 0 Å². The van der Waals surface area contributed by atoms with Gasteiger partial charge in [-0.15, -0.1) is 0 Å². The highest BCUT2D eigenvalue weighted by Crippen LogP contribution is 2.37. The molecule has 3 aromatic heterocycles. The van der Waals surface area contributed by atoms with Crippen molar-refractivity contribution in [3.8, 4) is 34.2 Å². The maximum atomic E-state index is 6.16. The second kappa shape index (κ2) is 9.29. The molecule has 0 aliphatic rings. The van der Waals surface area contributed by atoms with E-state index in [4.69, 9.17) is 19.4 Å². The summed E-state index contributed by atoms with van der Waals surface area (Å²) >= 11 is 0. The van der Waals surface area contributed by atoms with Gasteiger partial charge in [-0.1, -0.05) is 97.1 Å². The molecule has 43 heavy (non-hydrogen) atoms. The summed E-state index contributed by atoms with van der Waals surface area (Å²) in [5.74, 6) is 1.82. The first-order chi connectivity index (χ1) is 21.3. The minimum atomic E-state index is 0.587. The van der Waals surface area contributed by atoms with Crippen LogP contribution in [0.25, 0.3) is 88.4 Å². The van der Waals surface area contributed by atoms with E-state index in [0.717, 1.165) is 49.4 Å². The van der Waals surface area contributed by atoms with Crippen molar-refractivity contribution in [2.75, 3.05) is 0 Å². The molecule has 0 aliphatic heterocycles. The summed E-state index contributed by atoms with van der Waals surface area (Å²) in [6.45, 7) is 0. The molecule has 0 radical (unpaired) electrons. The van der Waals surface area contributed by atoms with Crippen LogP contribution in [-0.4, -0.2) is 19.9 Å². The molecule has 0 amide bonds. The van der Waals surface area contributed by atoms with Gasteiger partial charge < -0.3 is 4.42 Å². The Kier molecular flexibility index (Phi) is 5.13. The second-order valence-electron chi connectivity index (χ2n) is 10.7. The van der Waals surface area contributed by atoms with Crippen molar-refractivity contribution >= 4 is 54.3 Å². The van der Waals surface area contributed by atoms with Crippen molar-refractivity contribution in [3.05, 3.63) is 134 Å². The quantitative estimate of drug-likeness (QED) is 0.205. The second-order valence-corrected chi connectivity index (χ2v) is 10.7. The van der Waals surface area contributed by atoms with Crippen LogP contribution in [0.2, 0.25) is 0 Å². The Morgan fingerprint density at radius 3 is 2.00 bits per heavy atom. The first kappa shape index (κ1) is 23.7. The third kappa shape index (κ3) is 3.86. The largest absolute Gasteiger partial charge is 0.456 e. The van der Waals surface area contributed by atoms with Crippen LogP contribution in [0.15, 0.2) is 138 Å². The highest BCUT2D eigenvalue weighted by molar-refractivity contribution is 6.11. The van der Waals surface area contributed by atoms with E-state index in [1.807, 2.05) is 36.5 Å². The Morgan fingerprint density at radius 1 is 0.442 bits per heavy atom. The van der Waals surface area contributed by atoms with Gasteiger partial charge in [0.05, 0.1) is 0 Å². The zero-order chi connectivity index (χ0) is 28.3. The fourth-order valence-electron chi connectivity index (χ4n) is 6.09. The summed E-state index contributed by atoms with van der Waals surface area (Å²) in [6, 6.07) is 41.8. The third-order valence-electron chi connectivity index (χ3n) is 8.18. The topological polar surface area (TPSA) is 64.7 Å². The molecule has 5 nitrogen and oxygen atoms in total. The van der Waals surface area contributed by atoms with Gasteiger partial charge in [-0.3, -0.25) is 4.98 Å². The van der Waals surface area contributed by atoms with E-state index in [9.17, 15) is 0 Å². The van der Waals surface area contributed by atoms with Gasteiger partial charge in [-0.2, -0.15) is 0 Å². The standard InChI is InChI=1S/C38H22N4O/c1-2-8-25-20-27(15-12-23(25)6-1)36-40-37(28-16-17-30-26(21-28)14-13-24-7-3-4-9-29(24)30)42-38(41-36)31-10-5-11-34-35(31)32-22-39-19-18-33(32)43-34/h1-22H. The fraction of sp³-hybridized carbons (Fsp3) is 0. The van der Waals surface area contributed by atoms with Gasteiger partial charge in [0.2, 0.25) is 0 Å². The molecule has 0 N–H and O–H groups in total. The van der Waals surface area contributed by atoms with E-state index in [2.05, 4.69) is 96.0 Å². The van der Waals surface area contributed by atoms with Crippen molar-refractivity contribution in [2.24, 2.45) is 0 Å². The number of nitrogens with zero attached hydrogens (tertiary/aromatic N) is 4. The third-order valence-corrected chi connectivity index (χ3v) is 8.18. The first-order valence-corrected chi connectivity index (χ1v) is 14.2. The van der Waals surface area contributed by atoms with Crippen LogP contribution < -0.4 is 0 Å². The molecule has 0 aliphatic carbocycles. The van der Waals surface area contributed by atoms with Crippen LogP contribution in [-0.2, 0) is 0 Å². The van der Waals surface area contributed by atoms with E-state index < -0.39 is 0 Å². The van der Waals surface area contributed by atoms with E-state index in [-0.39, 0.29) is 0 Å². The lowest BCUT2D eigenvalue weighted by Crippen LogP contribution is -2.00. The number of aromatic nitrogens is 4. The molecule has 0 spiro atoms. The molecule has 9 rings (SSSR count). The monoisotopic (exact) mass is 550 g/mol. The Labute approximate surface area is 246 Å². The van der Waals surface area contributed by atoms with Gasteiger partial charge in [0, 0.05) is 39.9 Å². The summed E-state index contributed by atoms with van der Waals surface area (Å²) in [5, 5.41) is 8.97. The molecule has 200 valence electrons. The maximum Gasteiger partial charge on any atom is 0.164 e. The molecule has 9 aromatic rings. The molecule has 6 aromatic carbocycles. The minimum Gasteiger partial charge on any atom is -0.456 e. The van der Waals surface area contributed by atoms with Crippen LogP contribution >= 0.6 is 0 Å². The Balaban J connectivity index is 1.30. The number of pyridine rings is 1. The summed E-state index contributed by atoms with van der Waals surface area (Å²) in [6.07, 6.45) is 3.58. The number of hydrogen-bond acceptors (Lipinski definition) is 5. The average Bonchev–Trinajstić information content (AvgIpc) is 3.46. The SMILES string of the molecule is c1ccc2cc(-c3nc(-c4ccc5c(ccc6ccccc65)c4)nc(-c4cccc5oc6ccncc6c45)n3)ccc2c1. The van der Waals surface area contributed by atoms with Crippen molar-refractivity contribution in [1.82, 2.24) is 19.9 Å². The number of fused-ring (bicyclic) bond motifs is 7. The molecule has 0 atom stereocenters. The van der Waals surface area contributed by atoms with Gasteiger partial charge in [0.25, 0.3) is 0 Å². The van der Waals surface area contributed by atoms with Gasteiger partial charge in [0.15, 0.2) is 17.5 Å². The lowest BCUT2D eigenvalue weighted by Gasteiger charge is -2.11. The van der Waals surface area contributed by atoms with E-state index in [0.29, 0.717) is 17.5 Å². The summed E-state index contributed by atoms with van der Waals surface area (Å²) in [7, 11) is 0. The van der Waals surface area contributed by atoms with E-state index >= 15 is 0 Å². The molecule has 0 saturated carbocycles. The molecule has 0 fully saturated rings. The number of rotatable bonds is 3. The molecular formula is C38H22N4O. The smallest absolute Gasteiger partial charge is 0.164 e. The van der Waals surface area contributed by atoms with Crippen molar-refractivity contribution in [2.45, 2.75) is 0 Å². The number of furan rings is 1. The zero-order valence-corrected chi connectivity index (χ0v) is 22.9. The van der Waals surface area contributed by atoms with Crippen LogP contribution in [0.1, 0.15) is 0 Å². The number of benzene rings is 6. The Bertz CT molecular complexity index is 2530. The zero-order valence-electron chi connectivity index (χ0n) is 22.9. The molecule has 0 unspecified atom stereocenters. The van der Waals surface area contributed by atoms with Crippen LogP contribution in [0, 0.1) is 0 Å². The summed E-state index contributed by atoms with van der Waals surface area (Å²) < 4.78 is 6.16. The van der Waals surface area contributed by atoms with Gasteiger partial charge in [0.1, 0.15) is 11.2 Å². The van der Waals surface area contributed by atoms with Gasteiger partial charge in [-0.25, -0.2) is 15.0 Å². The van der Waals surface area contributed by atoms with Crippen molar-refractivity contribution < 1.29 is 4.42 Å². The normalized spacial score (nSPS) is 11.7. The van der Waals surface area contributed by atoms with Gasteiger partial charge in [-0.05, 0) is 56.6 Å². The van der Waals surface area contributed by atoms with Crippen molar-refractivity contribution in [3.63, 3.8) is 0 Å². The molecule has 0 saturated heterocycles. The fourth-order valence-corrected chi connectivity index (χ4v) is 6.09. The first-order valence-electron chi connectivity index (χ1n) is 14.2. The summed E-state index contributed by atoms with van der Waals surface area (Å²) in [4.78, 5) is 19.6. The molecule has 5 heteroatoms. The number of hydrogen-bond donors (Lipinski definition) is 0. The van der Waals surface area contributed by atoms with Crippen LogP contribution in [0.5, 0.6) is 0 Å². The molecule has 3 heterocycles. The van der Waals surface area contributed by atoms with E-state index in [1.165, 1.54) is 21.5 Å². The molecular weight excluding hydrogens is 528 g/mol. The minimum absolute atomic E-state index is 0.587. The van der Waals surface area contributed by atoms with Crippen LogP contribution in [0.4, 0.5) is 0 Å². The Hall–Kier alpha value is -5.94. The summed E-state index contributed by atoms with van der Waals surface area (Å²) in [5.41, 5.74) is 4.29. The average molecular weight is 551 g/mol. The van der Waals surface area contributed by atoms with Crippen LogP contribution in [0.3, 0.4) is 0 Å². The Morgan fingerprint density at radius 2 is 1.12 bits per heavy atom. The lowest BCUT2D eigenvalue weighted by atomic mass is 10.00. The lowest BCUT2D eigenvalue weighted by molar-refractivity contribution is 0.668. The molecule has 0 bridgehead atoms. The van der Waals surface area contributed by atoms with E-state index in [1.54, 1.807) is 6.20 Å². The predicted molar refractivity (Wildman–Crippen MR) is 174 cm³/mol. The highest BCUT2D eigenvalue weighted by Gasteiger charge is 2.18. The van der Waals surface area contributed by atoms with Gasteiger partial charge >= 0.3 is 0 Å².